The molecule has 2 heterocycles. The summed E-state index contributed by atoms with van der Waals surface area (Å²) in [5, 5.41) is 5.79. The molecule has 2 aliphatic heterocycles. The largest absolute Gasteiger partial charge is 0.478 e. The molecule has 0 amide bonds. The van der Waals surface area contributed by atoms with Crippen molar-refractivity contribution >= 4 is 68.8 Å². The van der Waals surface area contributed by atoms with Gasteiger partial charge in [0.2, 0.25) is 11.5 Å². The molecule has 0 aromatic rings. The van der Waals surface area contributed by atoms with Gasteiger partial charge in [0.05, 0.1) is 0 Å². The van der Waals surface area contributed by atoms with Gasteiger partial charge >= 0.3 is 0 Å². The van der Waals surface area contributed by atoms with Crippen LogP contribution in [-0.4, -0.2) is 71.1 Å². The molecule has 0 N–H and O–H groups in total. The zero-order chi connectivity index (χ0) is 6.10. The van der Waals surface area contributed by atoms with E-state index in [4.69, 9.17) is 9.47 Å². The number of ether oxygens (including phenoxy) is 2. The van der Waals surface area contributed by atoms with Crippen LogP contribution in [0.3, 0.4) is 0 Å². The van der Waals surface area contributed by atoms with Gasteiger partial charge in [0.1, 0.15) is 13.2 Å². The molecule has 5 heteroatoms. The molecular weight excluding hydrogens is 446 g/mol. The van der Waals surface area contributed by atoms with E-state index >= 15 is 0 Å². The van der Waals surface area contributed by atoms with Crippen LogP contribution in [0.25, 0.3) is 0 Å². The van der Waals surface area contributed by atoms with E-state index in [0.29, 0.717) is 24.7 Å². The van der Waals surface area contributed by atoms with Crippen LogP contribution in [0, 0.1) is 0 Å². The summed E-state index contributed by atoms with van der Waals surface area (Å²) in [6, 6.07) is 0. The number of rotatable bonds is 0. The second kappa shape index (κ2) is 21.9. The van der Waals surface area contributed by atoms with Crippen LogP contribution >= 0.6 is 10.9 Å². The maximum atomic E-state index is 5.16. The van der Waals surface area contributed by atoms with Crippen molar-refractivity contribution in [3.63, 3.8) is 0 Å². The quantitative estimate of drug-likeness (QED) is 0.397. The Kier molecular flexibility index (Phi) is 55.7. The van der Waals surface area contributed by atoms with Gasteiger partial charge in [-0.1, -0.05) is 44.6 Å². The number of fused-ring (bicyclic) bond motifs is 1. The van der Waals surface area contributed by atoms with E-state index in [1.54, 1.807) is 0 Å². The standard InChI is InChI=1S/C6H4O2S.6CH4.2Sn/c1-2-8-6-4-9-3-5(6)7-1;;;;;;;;/h1-2H2;6*1H4;;. The molecule has 0 aliphatic carbocycles. The molecule has 2 rings (SSSR count). The Balaban J connectivity index is -0.0000000250. The second-order valence-electron chi connectivity index (χ2n) is 1.66. The molecule has 102 valence electrons. The number of hydrogen-bond acceptors (Lipinski definition) is 2. The third-order valence-electron chi connectivity index (χ3n) is 1.07. The average Bonchev–Trinajstić information content (AvgIpc) is 2.33. The first-order chi connectivity index (χ1) is 4.47. The summed E-state index contributed by atoms with van der Waals surface area (Å²) >= 11 is 0. The van der Waals surface area contributed by atoms with Gasteiger partial charge in [0, 0.05) is 57.9 Å². The summed E-state index contributed by atoms with van der Waals surface area (Å²) in [6.07, 6.45) is 0. The molecule has 2 nitrogen and oxygen atoms in total. The van der Waals surface area contributed by atoms with E-state index in [0.717, 1.165) is 0 Å². The Hall–Kier alpha value is 0.717. The normalized spacial score (nSPS) is 10.8. The van der Waals surface area contributed by atoms with Crippen LogP contribution in [-0.2, 0) is 9.47 Å². The molecule has 0 spiro atoms. The summed E-state index contributed by atoms with van der Waals surface area (Å²) in [5.74, 6) is 1.43. The maximum Gasteiger partial charge on any atom is 0.225 e. The van der Waals surface area contributed by atoms with Crippen LogP contribution in [0.15, 0.2) is 11.5 Å². The number of hydrogen-bond donors (Lipinski definition) is 0. The van der Waals surface area contributed by atoms with E-state index in [2.05, 4.69) is 10.0 Å². The summed E-state index contributed by atoms with van der Waals surface area (Å²) in [5.41, 5.74) is 0. The molecule has 17 heavy (non-hydrogen) atoms. The van der Waals surface area contributed by atoms with E-state index in [1.807, 2.05) is 0 Å². The van der Waals surface area contributed by atoms with Crippen molar-refractivity contribution in [3.8, 4) is 0 Å². The van der Waals surface area contributed by atoms with Crippen molar-refractivity contribution in [1.29, 1.82) is 0 Å². The van der Waals surface area contributed by atoms with Crippen LogP contribution in [0.4, 0.5) is 0 Å². The SMILES string of the molecule is C.C.C.C.C.C.C1=S=C=C2OCCOC=12.[Sn].[Sn]. The summed E-state index contributed by atoms with van der Waals surface area (Å²) in [4.78, 5) is 0. The van der Waals surface area contributed by atoms with E-state index in [9.17, 15) is 0 Å². The van der Waals surface area contributed by atoms with Crippen molar-refractivity contribution in [2.75, 3.05) is 13.2 Å². The van der Waals surface area contributed by atoms with Gasteiger partial charge in [-0.05, 0) is 10.9 Å². The van der Waals surface area contributed by atoms with Crippen molar-refractivity contribution in [3.05, 3.63) is 11.5 Å². The van der Waals surface area contributed by atoms with Crippen LogP contribution in [0.1, 0.15) is 44.6 Å². The minimum atomic E-state index is 0. The Morgan fingerprint density at radius 3 is 1.29 bits per heavy atom. The Morgan fingerprint density at radius 1 is 0.706 bits per heavy atom. The second-order valence-corrected chi connectivity index (χ2v) is 2.27. The zero-order valence-corrected chi connectivity index (χ0v) is 12.2. The van der Waals surface area contributed by atoms with Crippen molar-refractivity contribution in [1.82, 2.24) is 0 Å². The first kappa shape index (κ1) is 43.1. The molecule has 0 saturated carbocycles. The van der Waals surface area contributed by atoms with Crippen molar-refractivity contribution in [2.45, 2.75) is 44.6 Å². The monoisotopic (exact) mass is 476 g/mol. The minimum absolute atomic E-state index is 0. The van der Waals surface area contributed by atoms with Gasteiger partial charge in [0.15, 0.2) is 0 Å². The molecule has 0 aromatic carbocycles. The maximum absolute atomic E-state index is 5.16. The molecule has 8 radical (unpaired) electrons. The van der Waals surface area contributed by atoms with E-state index in [1.165, 1.54) is 10.9 Å². The summed E-state index contributed by atoms with van der Waals surface area (Å²) in [6.45, 7) is 1.27. The van der Waals surface area contributed by atoms with Gasteiger partial charge in [-0.25, -0.2) is 0 Å². The fourth-order valence-electron chi connectivity index (χ4n) is 0.688. The fourth-order valence-corrected chi connectivity index (χ4v) is 1.23. The third-order valence-corrected chi connectivity index (χ3v) is 1.64. The molecular formula is C12H28O2SSn2. The van der Waals surface area contributed by atoms with Gasteiger partial charge in [-0.2, -0.15) is 0 Å². The van der Waals surface area contributed by atoms with Gasteiger partial charge in [0.25, 0.3) is 0 Å². The van der Waals surface area contributed by atoms with Crippen LogP contribution < -0.4 is 0 Å². The summed E-state index contributed by atoms with van der Waals surface area (Å²) < 4.78 is 10.3. The van der Waals surface area contributed by atoms with Crippen molar-refractivity contribution < 1.29 is 9.47 Å². The predicted molar refractivity (Wildman–Crippen MR) is 88.4 cm³/mol. The molecule has 0 unspecified atom stereocenters. The zero-order valence-electron chi connectivity index (χ0n) is 5.64. The Morgan fingerprint density at radius 2 is 1.00 bits per heavy atom. The topological polar surface area (TPSA) is 18.5 Å². The van der Waals surface area contributed by atoms with Gasteiger partial charge in [-0.3, -0.25) is 0 Å². The van der Waals surface area contributed by atoms with E-state index in [-0.39, 0.29) is 92.4 Å². The molecule has 1 saturated heterocycles. The molecule has 0 aromatic heterocycles. The van der Waals surface area contributed by atoms with Crippen LogP contribution in [0.5, 0.6) is 0 Å². The minimum Gasteiger partial charge on any atom is -0.478 e. The first-order valence-corrected chi connectivity index (χ1v) is 3.46. The smallest absolute Gasteiger partial charge is 0.225 e. The first-order valence-electron chi connectivity index (χ1n) is 2.64. The Bertz CT molecular complexity index is 259. The summed E-state index contributed by atoms with van der Waals surface area (Å²) in [7, 11) is 1.36. The Labute approximate surface area is 146 Å². The van der Waals surface area contributed by atoms with Gasteiger partial charge in [-0.15, -0.1) is 0 Å². The van der Waals surface area contributed by atoms with Gasteiger partial charge < -0.3 is 9.47 Å². The molecule has 1 fully saturated rings. The molecule has 0 atom stereocenters. The third kappa shape index (κ3) is 11.5. The van der Waals surface area contributed by atoms with Crippen LogP contribution in [0.2, 0.25) is 0 Å². The fraction of sp³-hybridized carbons (Fsp3) is 0.667. The van der Waals surface area contributed by atoms with E-state index < -0.39 is 0 Å². The average molecular weight is 474 g/mol. The molecule has 0 bridgehead atoms. The molecule has 2 aliphatic rings. The van der Waals surface area contributed by atoms with Crippen molar-refractivity contribution in [2.24, 2.45) is 0 Å². The predicted octanol–water partition coefficient (Wildman–Crippen LogP) is 3.41.